The first-order chi connectivity index (χ1) is 8.38. The molecule has 1 saturated heterocycles. The summed E-state index contributed by atoms with van der Waals surface area (Å²) in [6, 6.07) is -0.685. The van der Waals surface area contributed by atoms with Gasteiger partial charge in [-0.2, -0.15) is 13.2 Å². The first-order valence-corrected chi connectivity index (χ1v) is 5.74. The summed E-state index contributed by atoms with van der Waals surface area (Å²) >= 11 is 0. The number of halogens is 3. The van der Waals surface area contributed by atoms with Crippen molar-refractivity contribution < 1.29 is 27.6 Å². The molecule has 1 heterocycles. The van der Waals surface area contributed by atoms with Crippen molar-refractivity contribution in [1.82, 2.24) is 10.4 Å². The quantitative estimate of drug-likeness (QED) is 0.819. The van der Waals surface area contributed by atoms with E-state index in [0.717, 1.165) is 17.9 Å². The number of amides is 1. The predicted molar refractivity (Wildman–Crippen MR) is 53.0 cm³/mol. The van der Waals surface area contributed by atoms with Gasteiger partial charge in [-0.05, 0) is 25.7 Å². The molecule has 1 aliphatic heterocycles. The third kappa shape index (κ3) is 3.12. The average Bonchev–Trinajstić information content (AvgIpc) is 2.93. The van der Waals surface area contributed by atoms with E-state index in [4.69, 9.17) is 0 Å². The molecular weight excluding hydrogens is 253 g/mol. The number of carbonyl (C=O) groups excluding carboxylic acids is 2. The largest absolute Gasteiger partial charge is 0.492 e. The maximum atomic E-state index is 12.0. The monoisotopic (exact) mass is 266 g/mol. The van der Waals surface area contributed by atoms with Crippen LogP contribution in [0.2, 0.25) is 0 Å². The molecule has 0 unspecified atom stereocenters. The van der Waals surface area contributed by atoms with Crippen molar-refractivity contribution in [3.8, 4) is 0 Å². The summed E-state index contributed by atoms with van der Waals surface area (Å²) in [6.45, 7) is 0.143. The van der Waals surface area contributed by atoms with Gasteiger partial charge in [0.25, 0.3) is 0 Å². The number of hydroxylamine groups is 2. The first-order valence-electron chi connectivity index (χ1n) is 5.74. The SMILES string of the molecule is O=C(NC1CC1)[C@@H]1CCCN1OC(=O)C(F)(F)F. The molecule has 2 fully saturated rings. The summed E-state index contributed by atoms with van der Waals surface area (Å²) in [5.41, 5.74) is 0. The van der Waals surface area contributed by atoms with Gasteiger partial charge in [0.05, 0.1) is 0 Å². The zero-order chi connectivity index (χ0) is 13.3. The van der Waals surface area contributed by atoms with Gasteiger partial charge >= 0.3 is 12.1 Å². The Bertz CT molecular complexity index is 355. The van der Waals surface area contributed by atoms with Gasteiger partial charge in [-0.15, -0.1) is 5.06 Å². The molecule has 1 amide bonds. The molecule has 0 aromatic heterocycles. The van der Waals surface area contributed by atoms with Crippen LogP contribution in [0.15, 0.2) is 0 Å². The molecule has 8 heteroatoms. The van der Waals surface area contributed by atoms with Gasteiger partial charge in [-0.25, -0.2) is 4.79 Å². The highest BCUT2D eigenvalue weighted by atomic mass is 19.4. The second kappa shape index (κ2) is 4.75. The van der Waals surface area contributed by atoms with Crippen LogP contribution in [0.5, 0.6) is 0 Å². The topological polar surface area (TPSA) is 58.6 Å². The average molecular weight is 266 g/mol. The van der Waals surface area contributed by atoms with Crippen LogP contribution in [0.3, 0.4) is 0 Å². The van der Waals surface area contributed by atoms with E-state index in [-0.39, 0.29) is 18.5 Å². The Morgan fingerprint density at radius 2 is 1.89 bits per heavy atom. The fraction of sp³-hybridized carbons (Fsp3) is 0.800. The van der Waals surface area contributed by atoms with Gasteiger partial charge in [0.1, 0.15) is 6.04 Å². The molecular formula is C10H13F3N2O3. The van der Waals surface area contributed by atoms with E-state index in [2.05, 4.69) is 10.2 Å². The molecule has 2 aliphatic rings. The first kappa shape index (κ1) is 13.1. The van der Waals surface area contributed by atoms with Crippen LogP contribution in [-0.4, -0.2) is 41.7 Å². The van der Waals surface area contributed by atoms with Crippen molar-refractivity contribution in [2.75, 3.05) is 6.54 Å². The Labute approximate surface area is 101 Å². The summed E-state index contributed by atoms with van der Waals surface area (Å²) < 4.78 is 36.1. The lowest BCUT2D eigenvalue weighted by Crippen LogP contribution is -2.46. The summed E-state index contributed by atoms with van der Waals surface area (Å²) in [7, 11) is 0. The van der Waals surface area contributed by atoms with Gasteiger partial charge in [0, 0.05) is 12.6 Å². The van der Waals surface area contributed by atoms with E-state index >= 15 is 0 Å². The molecule has 1 aliphatic carbocycles. The zero-order valence-electron chi connectivity index (χ0n) is 9.50. The van der Waals surface area contributed by atoms with Crippen LogP contribution in [0.4, 0.5) is 13.2 Å². The zero-order valence-corrected chi connectivity index (χ0v) is 9.50. The van der Waals surface area contributed by atoms with Crippen LogP contribution in [-0.2, 0) is 14.4 Å². The maximum Gasteiger partial charge on any atom is 0.492 e. The van der Waals surface area contributed by atoms with Crippen LogP contribution < -0.4 is 5.32 Å². The van der Waals surface area contributed by atoms with Crippen LogP contribution in [0.1, 0.15) is 25.7 Å². The fourth-order valence-electron chi connectivity index (χ4n) is 1.79. The molecule has 102 valence electrons. The second-order valence-electron chi connectivity index (χ2n) is 4.46. The molecule has 5 nitrogen and oxygen atoms in total. The fourth-order valence-corrected chi connectivity index (χ4v) is 1.79. The number of nitrogens with one attached hydrogen (secondary N) is 1. The normalized spacial score (nSPS) is 24.9. The summed E-state index contributed by atoms with van der Waals surface area (Å²) in [4.78, 5) is 26.6. The number of hydrogen-bond acceptors (Lipinski definition) is 4. The lowest BCUT2D eigenvalue weighted by Gasteiger charge is -2.22. The molecule has 0 spiro atoms. The van der Waals surface area contributed by atoms with Gasteiger partial charge in [0.15, 0.2) is 0 Å². The van der Waals surface area contributed by atoms with E-state index in [9.17, 15) is 22.8 Å². The van der Waals surface area contributed by atoms with Crippen LogP contribution >= 0.6 is 0 Å². The highest BCUT2D eigenvalue weighted by molar-refractivity contribution is 5.83. The lowest BCUT2D eigenvalue weighted by atomic mass is 10.2. The Morgan fingerprint density at radius 1 is 1.22 bits per heavy atom. The van der Waals surface area contributed by atoms with Crippen molar-refractivity contribution >= 4 is 11.9 Å². The Morgan fingerprint density at radius 3 is 2.44 bits per heavy atom. The number of carbonyl (C=O) groups is 2. The minimum Gasteiger partial charge on any atom is -0.360 e. The number of hydrogen-bond donors (Lipinski definition) is 1. The highest BCUT2D eigenvalue weighted by Crippen LogP contribution is 2.24. The number of alkyl halides is 3. The van der Waals surface area contributed by atoms with Gasteiger partial charge in [0.2, 0.25) is 5.91 Å². The van der Waals surface area contributed by atoms with Crippen LogP contribution in [0.25, 0.3) is 0 Å². The van der Waals surface area contributed by atoms with Gasteiger partial charge < -0.3 is 10.2 Å². The van der Waals surface area contributed by atoms with Crippen molar-refractivity contribution in [3.05, 3.63) is 0 Å². The van der Waals surface area contributed by atoms with Gasteiger partial charge in [-0.3, -0.25) is 4.79 Å². The number of nitrogens with zero attached hydrogens (tertiary/aromatic N) is 1. The van der Waals surface area contributed by atoms with Crippen molar-refractivity contribution in [3.63, 3.8) is 0 Å². The smallest absolute Gasteiger partial charge is 0.360 e. The molecule has 0 bridgehead atoms. The summed E-state index contributed by atoms with van der Waals surface area (Å²) in [5.74, 6) is -2.65. The number of rotatable bonds is 3. The van der Waals surface area contributed by atoms with Gasteiger partial charge in [-0.1, -0.05) is 0 Å². The molecule has 2 rings (SSSR count). The molecule has 1 atom stereocenters. The summed E-state index contributed by atoms with van der Waals surface area (Å²) in [5, 5.41) is 3.51. The third-order valence-electron chi connectivity index (χ3n) is 2.86. The van der Waals surface area contributed by atoms with E-state index in [0.29, 0.717) is 12.8 Å². The van der Waals surface area contributed by atoms with E-state index in [1.165, 1.54) is 0 Å². The predicted octanol–water partition coefficient (Wildman–Crippen LogP) is 0.750. The molecule has 1 saturated carbocycles. The van der Waals surface area contributed by atoms with Crippen molar-refractivity contribution in [2.45, 2.75) is 43.9 Å². The minimum absolute atomic E-state index is 0.123. The van der Waals surface area contributed by atoms with E-state index in [1.54, 1.807) is 0 Å². The Balaban J connectivity index is 1.90. The molecule has 18 heavy (non-hydrogen) atoms. The Kier molecular flexibility index (Phi) is 3.47. The lowest BCUT2D eigenvalue weighted by molar-refractivity contribution is -0.240. The van der Waals surface area contributed by atoms with Crippen molar-refractivity contribution in [2.24, 2.45) is 0 Å². The molecule has 0 aromatic carbocycles. The molecule has 0 radical (unpaired) electrons. The second-order valence-corrected chi connectivity index (χ2v) is 4.46. The minimum atomic E-state index is -5.04. The molecule has 0 aromatic rings. The van der Waals surface area contributed by atoms with Crippen molar-refractivity contribution in [1.29, 1.82) is 0 Å². The summed E-state index contributed by atoms with van der Waals surface area (Å²) in [6.07, 6.45) is -2.35. The highest BCUT2D eigenvalue weighted by Gasteiger charge is 2.45. The Hall–Kier alpha value is -1.31. The maximum absolute atomic E-state index is 12.0. The molecule has 1 N–H and O–H groups in total. The standard InChI is InChI=1S/C10H13F3N2O3/c11-10(12,13)9(17)18-15-5-1-2-7(15)8(16)14-6-3-4-6/h6-7H,1-5H2,(H,14,16)/t7-/m0/s1. The van der Waals surface area contributed by atoms with E-state index in [1.807, 2.05) is 0 Å². The van der Waals surface area contributed by atoms with Crippen LogP contribution in [0, 0.1) is 0 Å². The third-order valence-corrected chi connectivity index (χ3v) is 2.86. The van der Waals surface area contributed by atoms with E-state index < -0.39 is 18.2 Å².